The van der Waals surface area contributed by atoms with Gasteiger partial charge in [0, 0.05) is 17.6 Å². The van der Waals surface area contributed by atoms with Gasteiger partial charge in [0.1, 0.15) is 5.75 Å². The summed E-state index contributed by atoms with van der Waals surface area (Å²) in [4.78, 5) is 9.21. The van der Waals surface area contributed by atoms with Crippen LogP contribution < -0.4 is 4.74 Å². The molecule has 4 aromatic rings. The second kappa shape index (κ2) is 6.99. The van der Waals surface area contributed by atoms with Gasteiger partial charge in [0.15, 0.2) is 5.16 Å². The molecule has 2 aromatic carbocycles. The van der Waals surface area contributed by atoms with E-state index in [1.54, 1.807) is 18.9 Å². The van der Waals surface area contributed by atoms with Crippen LogP contribution in [0.2, 0.25) is 0 Å². The number of aromatic nitrogens is 3. The molecule has 4 nitrogen and oxygen atoms in total. The highest BCUT2D eigenvalue weighted by Crippen LogP contribution is 2.30. The van der Waals surface area contributed by atoms with Gasteiger partial charge in [-0.15, -0.1) is 0 Å². The molecule has 0 aliphatic carbocycles. The lowest BCUT2D eigenvalue weighted by atomic mass is 10.2. The molecule has 0 atom stereocenters. The van der Waals surface area contributed by atoms with Crippen LogP contribution in [0.25, 0.3) is 16.7 Å². The predicted octanol–water partition coefficient (Wildman–Crippen LogP) is 4.72. The van der Waals surface area contributed by atoms with Crippen molar-refractivity contribution in [1.82, 2.24) is 14.5 Å². The van der Waals surface area contributed by atoms with E-state index >= 15 is 0 Å². The zero-order chi connectivity index (χ0) is 17.1. The van der Waals surface area contributed by atoms with Gasteiger partial charge in [-0.1, -0.05) is 30.0 Å². The minimum atomic E-state index is 0.778. The summed E-state index contributed by atoms with van der Waals surface area (Å²) in [7, 11) is 1.68. The van der Waals surface area contributed by atoms with E-state index in [-0.39, 0.29) is 0 Å². The molecule has 0 saturated carbocycles. The van der Waals surface area contributed by atoms with E-state index in [0.29, 0.717) is 0 Å². The smallest absolute Gasteiger partial charge is 0.174 e. The third kappa shape index (κ3) is 3.23. The fraction of sp³-hybridized carbons (Fsp3) is 0.100. The van der Waals surface area contributed by atoms with E-state index in [4.69, 9.17) is 9.72 Å². The van der Waals surface area contributed by atoms with Crippen molar-refractivity contribution >= 4 is 22.8 Å². The molecule has 0 amide bonds. The Morgan fingerprint density at radius 3 is 2.52 bits per heavy atom. The highest BCUT2D eigenvalue weighted by Gasteiger charge is 2.13. The SMILES string of the molecule is COc1ccc(-n2c(SCc3ccccn3)nc3ccccc32)cc1. The zero-order valence-corrected chi connectivity index (χ0v) is 14.6. The maximum atomic E-state index is 5.27. The molecule has 0 fully saturated rings. The molecule has 0 bridgehead atoms. The largest absolute Gasteiger partial charge is 0.497 e. The first kappa shape index (κ1) is 15.7. The lowest BCUT2D eigenvalue weighted by Crippen LogP contribution is -1.97. The maximum absolute atomic E-state index is 5.27. The highest BCUT2D eigenvalue weighted by molar-refractivity contribution is 7.98. The first-order chi connectivity index (χ1) is 12.3. The standard InChI is InChI=1S/C20H17N3OS/c1-24-17-11-9-16(10-12-17)23-19-8-3-2-7-18(19)22-20(23)25-14-15-6-4-5-13-21-15/h2-13H,14H2,1H3. The Labute approximate surface area is 150 Å². The number of hydrogen-bond acceptors (Lipinski definition) is 4. The molecule has 2 aromatic heterocycles. The quantitative estimate of drug-likeness (QED) is 0.490. The Bertz CT molecular complexity index is 981. The molecular weight excluding hydrogens is 330 g/mol. The summed E-state index contributed by atoms with van der Waals surface area (Å²) >= 11 is 1.69. The van der Waals surface area contributed by atoms with Crippen molar-refractivity contribution in [2.75, 3.05) is 7.11 Å². The van der Waals surface area contributed by atoms with E-state index < -0.39 is 0 Å². The Morgan fingerprint density at radius 2 is 1.76 bits per heavy atom. The summed E-state index contributed by atoms with van der Waals surface area (Å²) in [5, 5.41) is 0.956. The summed E-state index contributed by atoms with van der Waals surface area (Å²) in [6, 6.07) is 22.2. The van der Waals surface area contributed by atoms with Gasteiger partial charge in [-0.25, -0.2) is 4.98 Å². The monoisotopic (exact) mass is 347 g/mol. The van der Waals surface area contributed by atoms with Gasteiger partial charge in [-0.3, -0.25) is 9.55 Å². The average Bonchev–Trinajstić information content (AvgIpc) is 3.05. The number of fused-ring (bicyclic) bond motifs is 1. The van der Waals surface area contributed by atoms with Crippen LogP contribution in [0.4, 0.5) is 0 Å². The van der Waals surface area contributed by atoms with Crippen LogP contribution in [-0.2, 0) is 5.75 Å². The number of ether oxygens (including phenoxy) is 1. The summed E-state index contributed by atoms with van der Waals surface area (Å²) in [6.07, 6.45) is 1.82. The lowest BCUT2D eigenvalue weighted by molar-refractivity contribution is 0.414. The highest BCUT2D eigenvalue weighted by atomic mass is 32.2. The second-order valence-corrected chi connectivity index (χ2v) is 6.47. The van der Waals surface area contributed by atoms with E-state index in [9.17, 15) is 0 Å². The molecule has 4 rings (SSSR count). The van der Waals surface area contributed by atoms with Crippen molar-refractivity contribution in [3.63, 3.8) is 0 Å². The number of rotatable bonds is 5. The molecule has 5 heteroatoms. The van der Waals surface area contributed by atoms with Gasteiger partial charge in [0.2, 0.25) is 0 Å². The van der Waals surface area contributed by atoms with Crippen molar-refractivity contribution < 1.29 is 4.74 Å². The van der Waals surface area contributed by atoms with Crippen molar-refractivity contribution in [3.8, 4) is 11.4 Å². The average molecular weight is 347 g/mol. The Hall–Kier alpha value is -2.79. The third-order valence-corrected chi connectivity index (χ3v) is 4.91. The Balaban J connectivity index is 1.75. The van der Waals surface area contributed by atoms with Gasteiger partial charge >= 0.3 is 0 Å². The van der Waals surface area contributed by atoms with Crippen molar-refractivity contribution in [1.29, 1.82) is 0 Å². The van der Waals surface area contributed by atoms with Gasteiger partial charge in [-0.2, -0.15) is 0 Å². The molecular formula is C20H17N3OS. The molecule has 0 N–H and O–H groups in total. The Morgan fingerprint density at radius 1 is 0.960 bits per heavy atom. The summed E-state index contributed by atoms with van der Waals surface area (Å²) < 4.78 is 7.45. The molecule has 0 unspecified atom stereocenters. The molecule has 0 saturated heterocycles. The van der Waals surface area contributed by atoms with Gasteiger partial charge in [0.25, 0.3) is 0 Å². The van der Waals surface area contributed by atoms with E-state index in [1.807, 2.05) is 54.7 Å². The number of nitrogens with zero attached hydrogens (tertiary/aromatic N) is 3. The van der Waals surface area contributed by atoms with E-state index in [2.05, 4.69) is 27.8 Å². The first-order valence-corrected chi connectivity index (χ1v) is 8.98. The summed E-state index contributed by atoms with van der Waals surface area (Å²) in [5.41, 5.74) is 4.19. The van der Waals surface area contributed by atoms with Crippen molar-refractivity contribution in [2.45, 2.75) is 10.9 Å². The van der Waals surface area contributed by atoms with Crippen molar-refractivity contribution in [3.05, 3.63) is 78.6 Å². The van der Waals surface area contributed by atoms with Crippen LogP contribution >= 0.6 is 11.8 Å². The maximum Gasteiger partial charge on any atom is 0.174 e. The number of benzene rings is 2. The van der Waals surface area contributed by atoms with Gasteiger partial charge in [0.05, 0.1) is 23.8 Å². The van der Waals surface area contributed by atoms with Crippen LogP contribution in [0.1, 0.15) is 5.69 Å². The minimum Gasteiger partial charge on any atom is -0.497 e. The van der Waals surface area contributed by atoms with Crippen LogP contribution in [0, 0.1) is 0 Å². The van der Waals surface area contributed by atoms with Crippen LogP contribution in [0.15, 0.2) is 78.1 Å². The fourth-order valence-corrected chi connectivity index (χ4v) is 3.65. The number of methoxy groups -OCH3 is 1. The Kier molecular flexibility index (Phi) is 4.39. The predicted molar refractivity (Wildman–Crippen MR) is 101 cm³/mol. The second-order valence-electron chi connectivity index (χ2n) is 5.53. The molecule has 0 aliphatic heterocycles. The lowest BCUT2D eigenvalue weighted by Gasteiger charge is -2.09. The molecule has 2 heterocycles. The van der Waals surface area contributed by atoms with E-state index in [0.717, 1.165) is 39.1 Å². The molecule has 25 heavy (non-hydrogen) atoms. The third-order valence-electron chi connectivity index (χ3n) is 3.94. The number of thioether (sulfide) groups is 1. The first-order valence-electron chi connectivity index (χ1n) is 8.00. The molecule has 0 spiro atoms. The molecule has 0 radical (unpaired) electrons. The van der Waals surface area contributed by atoms with Crippen LogP contribution in [-0.4, -0.2) is 21.6 Å². The van der Waals surface area contributed by atoms with Crippen molar-refractivity contribution in [2.24, 2.45) is 0 Å². The summed E-state index contributed by atoms with van der Waals surface area (Å²) in [6.45, 7) is 0. The van der Waals surface area contributed by atoms with Crippen LogP contribution in [0.5, 0.6) is 5.75 Å². The van der Waals surface area contributed by atoms with Gasteiger partial charge in [-0.05, 0) is 48.5 Å². The molecule has 0 aliphatic rings. The fourth-order valence-electron chi connectivity index (χ4n) is 2.70. The molecule has 124 valence electrons. The van der Waals surface area contributed by atoms with E-state index in [1.165, 1.54) is 0 Å². The summed E-state index contributed by atoms with van der Waals surface area (Å²) in [5.74, 6) is 1.62. The number of hydrogen-bond donors (Lipinski definition) is 0. The number of imidazole rings is 1. The number of para-hydroxylation sites is 2. The van der Waals surface area contributed by atoms with Crippen LogP contribution in [0.3, 0.4) is 0 Å². The normalized spacial score (nSPS) is 10.9. The van der Waals surface area contributed by atoms with Gasteiger partial charge < -0.3 is 4.74 Å². The minimum absolute atomic E-state index is 0.778. The zero-order valence-electron chi connectivity index (χ0n) is 13.8. The number of pyridine rings is 1. The topological polar surface area (TPSA) is 39.9 Å².